The number of nitrogens with zero attached hydrogens (tertiary/aromatic N) is 1. The SMILES string of the molecule is CSc1cccc(CN2CCC(C(O)CC(C)C)CC2)c1. The highest BCUT2D eigenvalue weighted by Crippen LogP contribution is 2.26. The molecule has 0 bridgehead atoms. The smallest absolute Gasteiger partial charge is 0.0571 e. The van der Waals surface area contributed by atoms with Gasteiger partial charge >= 0.3 is 0 Å². The van der Waals surface area contributed by atoms with Gasteiger partial charge in [0.1, 0.15) is 0 Å². The predicted molar refractivity (Wildman–Crippen MR) is 91.7 cm³/mol. The summed E-state index contributed by atoms with van der Waals surface area (Å²) in [5, 5.41) is 10.3. The van der Waals surface area contributed by atoms with Crippen LogP contribution in [0.5, 0.6) is 0 Å². The molecule has 0 amide bonds. The molecule has 1 aliphatic rings. The summed E-state index contributed by atoms with van der Waals surface area (Å²) in [4.78, 5) is 3.87. The third kappa shape index (κ3) is 5.32. The molecule has 1 fully saturated rings. The molecule has 1 saturated heterocycles. The van der Waals surface area contributed by atoms with E-state index < -0.39 is 0 Å². The summed E-state index contributed by atoms with van der Waals surface area (Å²) in [6.07, 6.45) is 5.24. The van der Waals surface area contributed by atoms with E-state index in [1.54, 1.807) is 11.8 Å². The van der Waals surface area contributed by atoms with Gasteiger partial charge in [0.25, 0.3) is 0 Å². The molecule has 1 aliphatic heterocycles. The van der Waals surface area contributed by atoms with Crippen LogP contribution in [-0.4, -0.2) is 35.5 Å². The summed E-state index contributed by atoms with van der Waals surface area (Å²) < 4.78 is 0. The number of likely N-dealkylation sites (tertiary alicyclic amines) is 1. The second kappa shape index (κ2) is 8.21. The highest BCUT2D eigenvalue weighted by molar-refractivity contribution is 7.98. The number of piperidine rings is 1. The molecule has 118 valence electrons. The number of hydrogen-bond donors (Lipinski definition) is 1. The molecule has 21 heavy (non-hydrogen) atoms. The standard InChI is InChI=1S/C18H29NOS/c1-14(2)11-18(20)16-7-9-19(10-8-16)13-15-5-4-6-17(12-15)21-3/h4-6,12,14,16,18,20H,7-11,13H2,1-3H3. The average molecular weight is 308 g/mol. The van der Waals surface area contributed by atoms with E-state index in [1.807, 2.05) is 0 Å². The van der Waals surface area contributed by atoms with Crippen LogP contribution in [-0.2, 0) is 6.54 Å². The van der Waals surface area contributed by atoms with Crippen molar-refractivity contribution >= 4 is 11.8 Å². The van der Waals surface area contributed by atoms with Gasteiger partial charge in [0.15, 0.2) is 0 Å². The Morgan fingerprint density at radius 2 is 2.00 bits per heavy atom. The normalized spacial score (nSPS) is 19.1. The molecule has 1 atom stereocenters. The summed E-state index contributed by atoms with van der Waals surface area (Å²) in [7, 11) is 0. The minimum atomic E-state index is -0.105. The van der Waals surface area contributed by atoms with Gasteiger partial charge in [0.05, 0.1) is 6.10 Å². The lowest BCUT2D eigenvalue weighted by molar-refractivity contribution is 0.0436. The van der Waals surface area contributed by atoms with Gasteiger partial charge in [-0.1, -0.05) is 26.0 Å². The van der Waals surface area contributed by atoms with E-state index in [2.05, 4.69) is 49.3 Å². The van der Waals surface area contributed by atoms with Crippen molar-refractivity contribution in [3.05, 3.63) is 29.8 Å². The number of aliphatic hydroxyl groups is 1. The van der Waals surface area contributed by atoms with Gasteiger partial charge in [-0.05, 0) is 68.1 Å². The third-order valence-electron chi connectivity index (χ3n) is 4.43. The van der Waals surface area contributed by atoms with Gasteiger partial charge in [0.2, 0.25) is 0 Å². The van der Waals surface area contributed by atoms with Crippen molar-refractivity contribution < 1.29 is 5.11 Å². The first-order valence-corrected chi connectivity index (χ1v) is 9.34. The second-order valence-corrected chi connectivity index (χ2v) is 7.54. The van der Waals surface area contributed by atoms with E-state index >= 15 is 0 Å². The molecule has 3 heteroatoms. The van der Waals surface area contributed by atoms with Gasteiger partial charge in [-0.15, -0.1) is 11.8 Å². The van der Waals surface area contributed by atoms with Crippen LogP contribution >= 0.6 is 11.8 Å². The molecule has 0 radical (unpaired) electrons. The molecule has 1 aromatic rings. The number of hydrogen-bond acceptors (Lipinski definition) is 3. The Hall–Kier alpha value is -0.510. The number of thioether (sulfide) groups is 1. The van der Waals surface area contributed by atoms with Crippen molar-refractivity contribution in [1.29, 1.82) is 0 Å². The van der Waals surface area contributed by atoms with E-state index in [-0.39, 0.29) is 6.10 Å². The van der Waals surface area contributed by atoms with E-state index in [1.165, 1.54) is 10.5 Å². The van der Waals surface area contributed by atoms with Crippen molar-refractivity contribution in [2.24, 2.45) is 11.8 Å². The number of benzene rings is 1. The van der Waals surface area contributed by atoms with Gasteiger partial charge in [-0.3, -0.25) is 4.90 Å². The van der Waals surface area contributed by atoms with Gasteiger partial charge in [-0.25, -0.2) is 0 Å². The Labute approximate surface area is 133 Å². The highest BCUT2D eigenvalue weighted by atomic mass is 32.2. The molecule has 0 aliphatic carbocycles. The first-order chi connectivity index (χ1) is 10.1. The van der Waals surface area contributed by atoms with Crippen LogP contribution in [0.25, 0.3) is 0 Å². The molecular weight excluding hydrogens is 278 g/mol. The summed E-state index contributed by atoms with van der Waals surface area (Å²) in [6.45, 7) is 7.65. The molecular formula is C18H29NOS. The summed E-state index contributed by atoms with van der Waals surface area (Å²) in [5.41, 5.74) is 1.41. The summed E-state index contributed by atoms with van der Waals surface area (Å²) >= 11 is 1.80. The minimum Gasteiger partial charge on any atom is -0.393 e. The zero-order chi connectivity index (χ0) is 15.2. The first-order valence-electron chi connectivity index (χ1n) is 8.12. The summed E-state index contributed by atoms with van der Waals surface area (Å²) in [5.74, 6) is 1.09. The van der Waals surface area contributed by atoms with Gasteiger partial charge in [0, 0.05) is 11.4 Å². The van der Waals surface area contributed by atoms with Crippen LogP contribution in [0.4, 0.5) is 0 Å². The molecule has 1 N–H and O–H groups in total. The molecule has 0 spiro atoms. The molecule has 1 heterocycles. The Morgan fingerprint density at radius 3 is 2.62 bits per heavy atom. The van der Waals surface area contributed by atoms with Crippen LogP contribution in [0.1, 0.15) is 38.7 Å². The fourth-order valence-corrected chi connectivity index (χ4v) is 3.68. The van der Waals surface area contributed by atoms with E-state index in [4.69, 9.17) is 0 Å². The van der Waals surface area contributed by atoms with Gasteiger partial charge in [-0.2, -0.15) is 0 Å². The van der Waals surface area contributed by atoms with Crippen LogP contribution < -0.4 is 0 Å². The van der Waals surface area contributed by atoms with Crippen molar-refractivity contribution in [2.45, 2.75) is 50.7 Å². The largest absolute Gasteiger partial charge is 0.393 e. The van der Waals surface area contributed by atoms with Crippen molar-refractivity contribution in [3.8, 4) is 0 Å². The fourth-order valence-electron chi connectivity index (χ4n) is 3.20. The van der Waals surface area contributed by atoms with Crippen LogP contribution in [0, 0.1) is 11.8 Å². The molecule has 2 nitrogen and oxygen atoms in total. The molecule has 1 unspecified atom stereocenters. The zero-order valence-corrected chi connectivity index (χ0v) is 14.4. The Kier molecular flexibility index (Phi) is 6.59. The number of aliphatic hydroxyl groups excluding tert-OH is 1. The number of rotatable bonds is 6. The monoisotopic (exact) mass is 307 g/mol. The Balaban J connectivity index is 1.81. The molecule has 0 aromatic heterocycles. The van der Waals surface area contributed by atoms with Crippen LogP contribution in [0.3, 0.4) is 0 Å². The lowest BCUT2D eigenvalue weighted by Crippen LogP contribution is -2.37. The third-order valence-corrected chi connectivity index (χ3v) is 5.15. The first kappa shape index (κ1) is 16.9. The predicted octanol–water partition coefficient (Wildman–Crippen LogP) is 4.03. The van der Waals surface area contributed by atoms with Gasteiger partial charge < -0.3 is 5.11 Å². The maximum absolute atomic E-state index is 10.3. The topological polar surface area (TPSA) is 23.5 Å². The average Bonchev–Trinajstić information content (AvgIpc) is 2.47. The van der Waals surface area contributed by atoms with Crippen LogP contribution in [0.15, 0.2) is 29.2 Å². The fraction of sp³-hybridized carbons (Fsp3) is 0.667. The molecule has 1 aromatic carbocycles. The maximum Gasteiger partial charge on any atom is 0.0571 e. The maximum atomic E-state index is 10.3. The molecule has 2 rings (SSSR count). The zero-order valence-electron chi connectivity index (χ0n) is 13.6. The Morgan fingerprint density at radius 1 is 1.29 bits per heavy atom. The quantitative estimate of drug-likeness (QED) is 0.803. The lowest BCUT2D eigenvalue weighted by Gasteiger charge is -2.34. The van der Waals surface area contributed by atoms with Crippen molar-refractivity contribution in [2.75, 3.05) is 19.3 Å². The van der Waals surface area contributed by atoms with E-state index in [9.17, 15) is 5.11 Å². The summed E-state index contributed by atoms with van der Waals surface area (Å²) in [6, 6.07) is 8.84. The lowest BCUT2D eigenvalue weighted by atomic mass is 9.87. The van der Waals surface area contributed by atoms with E-state index in [0.717, 1.165) is 38.9 Å². The van der Waals surface area contributed by atoms with Crippen LogP contribution in [0.2, 0.25) is 0 Å². The van der Waals surface area contributed by atoms with Crippen molar-refractivity contribution in [3.63, 3.8) is 0 Å². The second-order valence-electron chi connectivity index (χ2n) is 6.66. The van der Waals surface area contributed by atoms with Crippen molar-refractivity contribution in [1.82, 2.24) is 4.90 Å². The highest BCUT2D eigenvalue weighted by Gasteiger charge is 2.25. The molecule has 0 saturated carbocycles. The van der Waals surface area contributed by atoms with E-state index in [0.29, 0.717) is 11.8 Å². The Bertz CT molecular complexity index is 427. The minimum absolute atomic E-state index is 0.105.